The van der Waals surface area contributed by atoms with Crippen molar-refractivity contribution < 1.29 is 19.1 Å². The maximum absolute atomic E-state index is 13.1. The first-order valence-electron chi connectivity index (χ1n) is 9.95. The van der Waals surface area contributed by atoms with Crippen LogP contribution in [0.5, 0.6) is 5.75 Å². The van der Waals surface area contributed by atoms with Gasteiger partial charge in [-0.25, -0.2) is 9.69 Å². The van der Waals surface area contributed by atoms with Gasteiger partial charge in [0.2, 0.25) is 0 Å². The normalized spacial score (nSPS) is 15.1. The van der Waals surface area contributed by atoms with Crippen molar-refractivity contribution in [2.75, 3.05) is 12.0 Å². The molecular formula is C25H18Cl2N2O4. The minimum Gasteiger partial charge on any atom is -0.496 e. The van der Waals surface area contributed by atoms with Crippen molar-refractivity contribution in [1.29, 1.82) is 0 Å². The second kappa shape index (κ2) is 9.48. The predicted molar refractivity (Wildman–Crippen MR) is 128 cm³/mol. The molecule has 0 radical (unpaired) electrons. The summed E-state index contributed by atoms with van der Waals surface area (Å²) in [5.74, 6) is -0.977. The minimum atomic E-state index is -0.858. The minimum absolute atomic E-state index is 0.188. The summed E-state index contributed by atoms with van der Waals surface area (Å²) in [6.07, 6.45) is 1.96. The number of nitrogens with zero attached hydrogens (tertiary/aromatic N) is 1. The van der Waals surface area contributed by atoms with Crippen LogP contribution >= 0.6 is 23.2 Å². The molecule has 3 aromatic carbocycles. The number of carbonyl (C=O) groups is 3. The standard InChI is InChI=1S/C25H18Cl2N2O4/c1-33-22-13-15(10-11-17(22)14-16-6-2-3-7-19(16)26)12-18-23(30)28-25(32)29(24(18)31)21-9-5-4-8-20(21)27/h2-13H,14H2,1H3,(H,28,30,32)/b18-12+. The van der Waals surface area contributed by atoms with Crippen molar-refractivity contribution in [3.8, 4) is 5.75 Å². The molecule has 3 aromatic rings. The van der Waals surface area contributed by atoms with Crippen molar-refractivity contribution in [3.05, 3.63) is 99.0 Å². The molecule has 0 spiro atoms. The Hall–Kier alpha value is -3.61. The number of amides is 4. The van der Waals surface area contributed by atoms with Crippen molar-refractivity contribution in [3.63, 3.8) is 0 Å². The van der Waals surface area contributed by atoms with Gasteiger partial charge in [-0.2, -0.15) is 0 Å². The Bertz CT molecular complexity index is 1300. The number of benzene rings is 3. The van der Waals surface area contributed by atoms with Gasteiger partial charge in [-0.05, 0) is 47.0 Å². The molecule has 1 N–H and O–H groups in total. The van der Waals surface area contributed by atoms with Gasteiger partial charge in [-0.15, -0.1) is 0 Å². The van der Waals surface area contributed by atoms with E-state index in [1.54, 1.807) is 37.4 Å². The lowest BCUT2D eigenvalue weighted by Gasteiger charge is -2.27. The number of nitrogens with one attached hydrogen (secondary N) is 1. The van der Waals surface area contributed by atoms with E-state index >= 15 is 0 Å². The second-order valence-corrected chi connectivity index (χ2v) is 8.06. The van der Waals surface area contributed by atoms with Gasteiger partial charge >= 0.3 is 6.03 Å². The summed E-state index contributed by atoms with van der Waals surface area (Å²) >= 11 is 12.4. The van der Waals surface area contributed by atoms with Crippen LogP contribution in [-0.2, 0) is 16.0 Å². The number of hydrogen-bond donors (Lipinski definition) is 1. The van der Waals surface area contributed by atoms with Gasteiger partial charge in [-0.3, -0.25) is 14.9 Å². The molecule has 0 saturated carbocycles. The lowest BCUT2D eigenvalue weighted by Crippen LogP contribution is -2.54. The Morgan fingerprint density at radius 3 is 2.30 bits per heavy atom. The van der Waals surface area contributed by atoms with Crippen LogP contribution in [0.4, 0.5) is 10.5 Å². The first-order chi connectivity index (χ1) is 15.9. The van der Waals surface area contributed by atoms with Crippen LogP contribution in [0.25, 0.3) is 6.08 Å². The zero-order chi connectivity index (χ0) is 23.5. The summed E-state index contributed by atoms with van der Waals surface area (Å²) in [5, 5.41) is 3.05. The number of urea groups is 1. The van der Waals surface area contributed by atoms with Crippen LogP contribution in [0.1, 0.15) is 16.7 Å². The van der Waals surface area contributed by atoms with E-state index in [-0.39, 0.29) is 16.3 Å². The van der Waals surface area contributed by atoms with Gasteiger partial charge in [0, 0.05) is 11.4 Å². The molecule has 0 bridgehead atoms. The smallest absolute Gasteiger partial charge is 0.335 e. The van der Waals surface area contributed by atoms with E-state index in [9.17, 15) is 14.4 Å². The molecule has 4 amide bonds. The average molecular weight is 481 g/mol. The molecular weight excluding hydrogens is 463 g/mol. The number of para-hydroxylation sites is 1. The summed E-state index contributed by atoms with van der Waals surface area (Å²) in [4.78, 5) is 38.7. The Balaban J connectivity index is 1.68. The van der Waals surface area contributed by atoms with Gasteiger partial charge < -0.3 is 4.74 Å². The molecule has 8 heteroatoms. The molecule has 0 atom stereocenters. The molecule has 1 fully saturated rings. The van der Waals surface area contributed by atoms with E-state index in [1.165, 1.54) is 12.1 Å². The quantitative estimate of drug-likeness (QED) is 0.399. The fraction of sp³-hybridized carbons (Fsp3) is 0.0800. The van der Waals surface area contributed by atoms with Gasteiger partial charge in [-0.1, -0.05) is 65.7 Å². The topological polar surface area (TPSA) is 75.7 Å². The van der Waals surface area contributed by atoms with E-state index < -0.39 is 17.8 Å². The number of anilines is 1. The Morgan fingerprint density at radius 1 is 0.909 bits per heavy atom. The van der Waals surface area contributed by atoms with Crippen LogP contribution < -0.4 is 15.0 Å². The second-order valence-electron chi connectivity index (χ2n) is 7.25. The van der Waals surface area contributed by atoms with E-state index in [1.807, 2.05) is 30.3 Å². The first kappa shape index (κ1) is 22.6. The molecule has 0 unspecified atom stereocenters. The fourth-order valence-electron chi connectivity index (χ4n) is 3.52. The number of imide groups is 2. The van der Waals surface area contributed by atoms with Crippen molar-refractivity contribution in [2.45, 2.75) is 6.42 Å². The molecule has 0 aromatic heterocycles. The Labute approximate surface area is 200 Å². The van der Waals surface area contributed by atoms with E-state index in [4.69, 9.17) is 27.9 Å². The average Bonchev–Trinajstić information content (AvgIpc) is 2.80. The fourth-order valence-corrected chi connectivity index (χ4v) is 3.94. The third kappa shape index (κ3) is 4.62. The van der Waals surface area contributed by atoms with Crippen molar-refractivity contribution >= 4 is 52.8 Å². The summed E-state index contributed by atoms with van der Waals surface area (Å²) in [5.41, 5.74) is 2.38. The number of methoxy groups -OCH3 is 1. The SMILES string of the molecule is COc1cc(/C=C2\C(=O)NC(=O)N(c3ccccc3Cl)C2=O)ccc1Cc1ccccc1Cl. The number of ether oxygens (including phenoxy) is 1. The molecule has 6 nitrogen and oxygen atoms in total. The van der Waals surface area contributed by atoms with Gasteiger partial charge in [0.25, 0.3) is 11.8 Å². The molecule has 4 rings (SSSR count). The zero-order valence-corrected chi connectivity index (χ0v) is 19.0. The van der Waals surface area contributed by atoms with Gasteiger partial charge in [0.05, 0.1) is 17.8 Å². The highest BCUT2D eigenvalue weighted by Gasteiger charge is 2.37. The third-order valence-corrected chi connectivity index (χ3v) is 5.84. The zero-order valence-electron chi connectivity index (χ0n) is 17.5. The summed E-state index contributed by atoms with van der Waals surface area (Å²) in [6.45, 7) is 0. The monoisotopic (exact) mass is 480 g/mol. The Morgan fingerprint density at radius 2 is 1.61 bits per heavy atom. The number of carbonyl (C=O) groups excluding carboxylic acids is 3. The van der Waals surface area contributed by atoms with Crippen molar-refractivity contribution in [1.82, 2.24) is 5.32 Å². The largest absolute Gasteiger partial charge is 0.496 e. The van der Waals surface area contributed by atoms with Crippen LogP contribution in [-0.4, -0.2) is 25.0 Å². The maximum atomic E-state index is 13.1. The number of rotatable bonds is 5. The Kier molecular flexibility index (Phi) is 6.49. The number of hydrogen-bond acceptors (Lipinski definition) is 4. The van der Waals surface area contributed by atoms with Crippen LogP contribution in [0.3, 0.4) is 0 Å². The summed E-state index contributed by atoms with van der Waals surface area (Å²) in [6, 6.07) is 18.4. The lowest BCUT2D eigenvalue weighted by molar-refractivity contribution is -0.122. The molecule has 1 saturated heterocycles. The maximum Gasteiger partial charge on any atom is 0.335 e. The van der Waals surface area contributed by atoms with E-state index in [0.717, 1.165) is 16.0 Å². The molecule has 166 valence electrons. The number of halogens is 2. The highest BCUT2D eigenvalue weighted by atomic mass is 35.5. The lowest BCUT2D eigenvalue weighted by atomic mass is 10.0. The highest BCUT2D eigenvalue weighted by molar-refractivity contribution is 6.42. The molecule has 1 aliphatic heterocycles. The van der Waals surface area contributed by atoms with E-state index in [0.29, 0.717) is 22.8 Å². The number of barbiturate groups is 1. The molecule has 1 aliphatic rings. The first-order valence-corrected chi connectivity index (χ1v) is 10.7. The molecule has 33 heavy (non-hydrogen) atoms. The highest BCUT2D eigenvalue weighted by Crippen LogP contribution is 2.30. The molecule has 1 heterocycles. The van der Waals surface area contributed by atoms with Crippen LogP contribution in [0.2, 0.25) is 10.0 Å². The van der Waals surface area contributed by atoms with Crippen LogP contribution in [0, 0.1) is 0 Å². The van der Waals surface area contributed by atoms with Crippen LogP contribution in [0.15, 0.2) is 72.3 Å². The summed E-state index contributed by atoms with van der Waals surface area (Å²) in [7, 11) is 1.54. The van der Waals surface area contributed by atoms with Crippen molar-refractivity contribution in [2.24, 2.45) is 0 Å². The third-order valence-electron chi connectivity index (χ3n) is 5.16. The van der Waals surface area contributed by atoms with Gasteiger partial charge in [0.1, 0.15) is 11.3 Å². The summed E-state index contributed by atoms with van der Waals surface area (Å²) < 4.78 is 5.52. The van der Waals surface area contributed by atoms with Gasteiger partial charge in [0.15, 0.2) is 0 Å². The molecule has 0 aliphatic carbocycles. The van der Waals surface area contributed by atoms with E-state index in [2.05, 4.69) is 5.32 Å². The predicted octanol–water partition coefficient (Wildman–Crippen LogP) is 5.26.